The zero-order chi connectivity index (χ0) is 27.4. The number of nitrogens with one attached hydrogen (secondary N) is 1. The van der Waals surface area contributed by atoms with Crippen molar-refractivity contribution in [2.24, 2.45) is 5.92 Å². The summed E-state index contributed by atoms with van der Waals surface area (Å²) in [5.41, 5.74) is 3.19. The second-order valence-electron chi connectivity index (χ2n) is 10.8. The van der Waals surface area contributed by atoms with Crippen LogP contribution in [0.2, 0.25) is 0 Å². The molecule has 1 saturated carbocycles. The van der Waals surface area contributed by atoms with Crippen molar-refractivity contribution >= 4 is 22.7 Å². The molecule has 1 aliphatic heterocycles. The number of fused-ring (bicyclic) bond motifs is 1. The lowest BCUT2D eigenvalue weighted by Crippen LogP contribution is -2.50. The summed E-state index contributed by atoms with van der Waals surface area (Å²) in [6.07, 6.45) is 5.77. The molecule has 39 heavy (non-hydrogen) atoms. The molecule has 206 valence electrons. The van der Waals surface area contributed by atoms with E-state index in [0.717, 1.165) is 18.4 Å². The highest BCUT2D eigenvalue weighted by Crippen LogP contribution is 2.33. The Morgan fingerprint density at radius 1 is 1.13 bits per heavy atom. The van der Waals surface area contributed by atoms with Crippen LogP contribution in [-0.2, 0) is 11.3 Å². The maximum absolute atomic E-state index is 14.6. The van der Waals surface area contributed by atoms with Crippen LogP contribution in [0.4, 0.5) is 4.39 Å². The number of amides is 2. The Balaban J connectivity index is 1.58. The van der Waals surface area contributed by atoms with Gasteiger partial charge in [0.25, 0.3) is 5.91 Å². The van der Waals surface area contributed by atoms with E-state index in [0.29, 0.717) is 59.8 Å². The molecule has 7 nitrogen and oxygen atoms in total. The summed E-state index contributed by atoms with van der Waals surface area (Å²) in [6.45, 7) is 3.89. The first kappa shape index (κ1) is 27.2. The number of aliphatic hydroxyl groups excluding tert-OH is 1. The van der Waals surface area contributed by atoms with E-state index in [9.17, 15) is 19.1 Å². The third kappa shape index (κ3) is 6.12. The third-order valence-electron chi connectivity index (χ3n) is 8.19. The average Bonchev–Trinajstić information content (AvgIpc) is 2.95. The molecular weight excluding hydrogens is 495 g/mol. The van der Waals surface area contributed by atoms with Crippen molar-refractivity contribution in [1.29, 1.82) is 0 Å². The third-order valence-corrected chi connectivity index (χ3v) is 8.19. The number of aliphatic hydroxyl groups is 1. The van der Waals surface area contributed by atoms with Crippen LogP contribution < -0.4 is 5.32 Å². The number of benzene rings is 2. The minimum atomic E-state index is -0.426. The van der Waals surface area contributed by atoms with E-state index in [1.54, 1.807) is 11.0 Å². The van der Waals surface area contributed by atoms with Crippen molar-refractivity contribution in [3.8, 4) is 11.3 Å². The van der Waals surface area contributed by atoms with Gasteiger partial charge in [-0.3, -0.25) is 14.5 Å². The SMILES string of the molecule is C[C@H](NC(=O)c1c(CN2CCN(CCO)C(=O)C2)c(-c2ccccc2)nc2ccc(F)cc12)C1CCCCC1. The first-order chi connectivity index (χ1) is 18.9. The average molecular weight is 533 g/mol. The van der Waals surface area contributed by atoms with Crippen molar-refractivity contribution < 1.29 is 19.1 Å². The van der Waals surface area contributed by atoms with E-state index in [-0.39, 0.29) is 31.0 Å². The van der Waals surface area contributed by atoms with Crippen LogP contribution in [0.1, 0.15) is 54.9 Å². The Kier molecular flexibility index (Phi) is 8.53. The summed E-state index contributed by atoms with van der Waals surface area (Å²) in [4.78, 5) is 35.4. The molecular formula is C31H37FN4O3. The van der Waals surface area contributed by atoms with Crippen molar-refractivity contribution in [3.63, 3.8) is 0 Å². The highest BCUT2D eigenvalue weighted by atomic mass is 19.1. The van der Waals surface area contributed by atoms with Gasteiger partial charge >= 0.3 is 0 Å². The molecule has 2 amide bonds. The normalized spacial score (nSPS) is 17.9. The topological polar surface area (TPSA) is 85.8 Å². The number of carbonyl (C=O) groups excluding carboxylic acids is 2. The van der Waals surface area contributed by atoms with Gasteiger partial charge in [0.2, 0.25) is 5.91 Å². The smallest absolute Gasteiger partial charge is 0.252 e. The van der Waals surface area contributed by atoms with Crippen LogP contribution in [0, 0.1) is 11.7 Å². The summed E-state index contributed by atoms with van der Waals surface area (Å²) in [7, 11) is 0. The van der Waals surface area contributed by atoms with Crippen LogP contribution in [0.3, 0.4) is 0 Å². The molecule has 2 aliphatic rings. The van der Waals surface area contributed by atoms with E-state index in [2.05, 4.69) is 12.2 Å². The molecule has 0 unspecified atom stereocenters. The van der Waals surface area contributed by atoms with Gasteiger partial charge in [-0.2, -0.15) is 0 Å². The van der Waals surface area contributed by atoms with Gasteiger partial charge in [-0.05, 0) is 43.9 Å². The molecule has 1 aliphatic carbocycles. The molecule has 5 rings (SSSR count). The first-order valence-corrected chi connectivity index (χ1v) is 14.0. The summed E-state index contributed by atoms with van der Waals surface area (Å²) < 4.78 is 14.6. The lowest BCUT2D eigenvalue weighted by molar-refractivity contribution is -0.136. The van der Waals surface area contributed by atoms with Crippen molar-refractivity contribution in [3.05, 3.63) is 65.5 Å². The molecule has 0 radical (unpaired) electrons. The second-order valence-corrected chi connectivity index (χ2v) is 10.8. The van der Waals surface area contributed by atoms with E-state index in [4.69, 9.17) is 4.98 Å². The Bertz CT molecular complexity index is 1330. The summed E-state index contributed by atoms with van der Waals surface area (Å²) >= 11 is 0. The van der Waals surface area contributed by atoms with E-state index >= 15 is 0 Å². The molecule has 8 heteroatoms. The first-order valence-electron chi connectivity index (χ1n) is 14.0. The standard InChI is InChI=1S/C31H37FN4O3/c1-21(22-8-4-2-5-9-22)33-31(39)29-25-18-24(32)12-13-27(25)34-30(23-10-6-3-7-11-23)26(29)19-35-14-15-36(16-17-37)28(38)20-35/h3,6-7,10-13,18,21-22,37H,2,4-5,8-9,14-17,19-20H2,1H3,(H,33,39)/t21-/m0/s1. The second kappa shape index (κ2) is 12.2. The van der Waals surface area contributed by atoms with Crippen molar-refractivity contribution in [2.75, 3.05) is 32.8 Å². The summed E-state index contributed by atoms with van der Waals surface area (Å²) in [6, 6.07) is 14.1. The predicted molar refractivity (Wildman–Crippen MR) is 150 cm³/mol. The Morgan fingerprint density at radius 3 is 2.62 bits per heavy atom. The zero-order valence-electron chi connectivity index (χ0n) is 22.5. The fraction of sp³-hybridized carbons (Fsp3) is 0.452. The van der Waals surface area contributed by atoms with Gasteiger partial charge in [0.05, 0.1) is 29.9 Å². The lowest BCUT2D eigenvalue weighted by Gasteiger charge is -2.35. The molecule has 0 spiro atoms. The number of rotatable bonds is 8. The fourth-order valence-corrected chi connectivity index (χ4v) is 6.03. The molecule has 2 heterocycles. The molecule has 3 aromatic rings. The molecule has 2 N–H and O–H groups in total. The number of aromatic nitrogens is 1. The summed E-state index contributed by atoms with van der Waals surface area (Å²) in [5.74, 6) is -0.302. The van der Waals surface area contributed by atoms with Gasteiger partial charge in [-0.25, -0.2) is 9.37 Å². The number of β-amino-alcohol motifs (C(OH)–C–C–N with tert-alkyl or cyclic N) is 1. The number of piperazine rings is 1. The van der Waals surface area contributed by atoms with Gasteiger partial charge < -0.3 is 15.3 Å². The Hall–Kier alpha value is -3.36. The maximum atomic E-state index is 14.6. The number of pyridine rings is 1. The van der Waals surface area contributed by atoms with Gasteiger partial charge in [0.1, 0.15) is 5.82 Å². The highest BCUT2D eigenvalue weighted by Gasteiger charge is 2.29. The van der Waals surface area contributed by atoms with Crippen LogP contribution in [0.5, 0.6) is 0 Å². The maximum Gasteiger partial charge on any atom is 0.252 e. The molecule has 1 saturated heterocycles. The number of carbonyl (C=O) groups is 2. The van der Waals surface area contributed by atoms with Gasteiger partial charge in [-0.1, -0.05) is 49.6 Å². The van der Waals surface area contributed by atoms with Crippen LogP contribution in [-0.4, -0.2) is 70.5 Å². The predicted octanol–water partition coefficient (Wildman–Crippen LogP) is 4.38. The minimum Gasteiger partial charge on any atom is -0.395 e. The van der Waals surface area contributed by atoms with Gasteiger partial charge in [0, 0.05) is 48.7 Å². The molecule has 0 bridgehead atoms. The molecule has 2 fully saturated rings. The number of hydrogen-bond donors (Lipinski definition) is 2. The number of nitrogens with zero attached hydrogens (tertiary/aromatic N) is 3. The van der Waals surface area contributed by atoms with Gasteiger partial charge in [0.15, 0.2) is 0 Å². The van der Waals surface area contributed by atoms with E-state index in [1.165, 1.54) is 31.4 Å². The minimum absolute atomic E-state index is 0.00814. The van der Waals surface area contributed by atoms with E-state index in [1.807, 2.05) is 35.2 Å². The zero-order valence-corrected chi connectivity index (χ0v) is 22.5. The quantitative estimate of drug-likeness (QED) is 0.450. The monoisotopic (exact) mass is 532 g/mol. The van der Waals surface area contributed by atoms with Gasteiger partial charge in [-0.15, -0.1) is 0 Å². The Morgan fingerprint density at radius 2 is 1.90 bits per heavy atom. The molecule has 1 atom stereocenters. The number of hydrogen-bond acceptors (Lipinski definition) is 5. The summed E-state index contributed by atoms with van der Waals surface area (Å²) in [5, 5.41) is 13.0. The van der Waals surface area contributed by atoms with E-state index < -0.39 is 5.82 Å². The van der Waals surface area contributed by atoms with Crippen molar-refractivity contribution in [1.82, 2.24) is 20.1 Å². The molecule has 2 aromatic carbocycles. The highest BCUT2D eigenvalue weighted by molar-refractivity contribution is 6.09. The fourth-order valence-electron chi connectivity index (χ4n) is 6.03. The Labute approximate surface area is 229 Å². The number of halogens is 1. The largest absolute Gasteiger partial charge is 0.395 e. The lowest BCUT2D eigenvalue weighted by atomic mass is 9.84. The van der Waals surface area contributed by atoms with Crippen LogP contribution in [0.15, 0.2) is 48.5 Å². The van der Waals surface area contributed by atoms with Crippen LogP contribution in [0.25, 0.3) is 22.2 Å². The van der Waals surface area contributed by atoms with Crippen LogP contribution >= 0.6 is 0 Å². The molecule has 1 aromatic heterocycles. The van der Waals surface area contributed by atoms with Crippen molar-refractivity contribution in [2.45, 2.75) is 51.6 Å².